The van der Waals surface area contributed by atoms with Crippen LogP contribution in [0.1, 0.15) is 37.6 Å². The Morgan fingerprint density at radius 3 is 2.59 bits per heavy atom. The van der Waals surface area contributed by atoms with Crippen LogP contribution in [0.2, 0.25) is 0 Å². The second-order valence-electron chi connectivity index (χ2n) is 4.70. The van der Waals surface area contributed by atoms with Gasteiger partial charge in [-0.3, -0.25) is 4.79 Å². The first kappa shape index (κ1) is 13.7. The minimum Gasteiger partial charge on any atom is -0.444 e. The average molecular weight is 239 g/mol. The van der Waals surface area contributed by atoms with Gasteiger partial charge in [0.1, 0.15) is 5.76 Å². The van der Waals surface area contributed by atoms with Crippen molar-refractivity contribution in [3.63, 3.8) is 0 Å². The van der Waals surface area contributed by atoms with Gasteiger partial charge in [0.05, 0.1) is 18.3 Å². The molecule has 1 atom stereocenters. The Hall–Kier alpha value is -1.36. The first-order valence-corrected chi connectivity index (χ1v) is 5.86. The van der Waals surface area contributed by atoms with E-state index in [1.54, 1.807) is 0 Å². The summed E-state index contributed by atoms with van der Waals surface area (Å²) in [5.41, 5.74) is 6.60. The third kappa shape index (κ3) is 4.19. The van der Waals surface area contributed by atoms with Gasteiger partial charge in [-0.25, -0.2) is 4.98 Å². The standard InChI is InChI=1S/C12H21N3O2/c1-7(2)5-10(13)12(16)14-6-11-15-8(3)9(4)17-11/h7,10H,5-6,13H2,1-4H3,(H,14,16)/t10-/m0/s1. The predicted molar refractivity (Wildman–Crippen MR) is 65.3 cm³/mol. The summed E-state index contributed by atoms with van der Waals surface area (Å²) in [5.74, 6) is 1.54. The summed E-state index contributed by atoms with van der Waals surface area (Å²) < 4.78 is 5.36. The lowest BCUT2D eigenvalue weighted by Gasteiger charge is -2.13. The molecule has 0 saturated heterocycles. The first-order chi connectivity index (χ1) is 7.90. The highest BCUT2D eigenvalue weighted by atomic mass is 16.4. The van der Waals surface area contributed by atoms with Crippen molar-refractivity contribution in [2.24, 2.45) is 11.7 Å². The molecule has 17 heavy (non-hydrogen) atoms. The van der Waals surface area contributed by atoms with Gasteiger partial charge in [0.25, 0.3) is 0 Å². The van der Waals surface area contributed by atoms with Crippen LogP contribution in [-0.4, -0.2) is 16.9 Å². The van der Waals surface area contributed by atoms with E-state index in [1.807, 2.05) is 27.7 Å². The quantitative estimate of drug-likeness (QED) is 0.811. The van der Waals surface area contributed by atoms with E-state index < -0.39 is 6.04 Å². The lowest BCUT2D eigenvalue weighted by Crippen LogP contribution is -2.41. The number of oxazole rings is 1. The SMILES string of the molecule is Cc1nc(CNC(=O)[C@@H](N)CC(C)C)oc1C. The Labute approximate surface area is 102 Å². The second kappa shape index (κ2) is 5.82. The van der Waals surface area contributed by atoms with Gasteiger partial charge >= 0.3 is 0 Å². The van der Waals surface area contributed by atoms with E-state index in [4.69, 9.17) is 10.2 Å². The molecule has 1 aromatic heterocycles. The molecule has 0 aliphatic heterocycles. The molecule has 96 valence electrons. The lowest BCUT2D eigenvalue weighted by molar-refractivity contribution is -0.122. The molecule has 5 nitrogen and oxygen atoms in total. The highest BCUT2D eigenvalue weighted by molar-refractivity contribution is 5.81. The van der Waals surface area contributed by atoms with Crippen molar-refractivity contribution < 1.29 is 9.21 Å². The van der Waals surface area contributed by atoms with Crippen LogP contribution in [0.15, 0.2) is 4.42 Å². The molecule has 0 spiro atoms. The molecule has 1 amide bonds. The van der Waals surface area contributed by atoms with Crippen molar-refractivity contribution in [2.75, 3.05) is 0 Å². The van der Waals surface area contributed by atoms with E-state index in [9.17, 15) is 4.79 Å². The molecule has 0 fully saturated rings. The van der Waals surface area contributed by atoms with Gasteiger partial charge in [0.2, 0.25) is 11.8 Å². The molecule has 0 radical (unpaired) electrons. The molecule has 5 heteroatoms. The van der Waals surface area contributed by atoms with E-state index >= 15 is 0 Å². The van der Waals surface area contributed by atoms with Gasteiger partial charge in [-0.05, 0) is 26.2 Å². The van der Waals surface area contributed by atoms with Gasteiger partial charge in [-0.15, -0.1) is 0 Å². The summed E-state index contributed by atoms with van der Waals surface area (Å²) in [6.07, 6.45) is 0.676. The zero-order chi connectivity index (χ0) is 13.0. The van der Waals surface area contributed by atoms with Crippen molar-refractivity contribution >= 4 is 5.91 Å². The summed E-state index contributed by atoms with van der Waals surface area (Å²) in [6.45, 7) is 8.08. The largest absolute Gasteiger partial charge is 0.444 e. The molecule has 0 saturated carbocycles. The van der Waals surface area contributed by atoms with Crippen molar-refractivity contribution in [1.29, 1.82) is 0 Å². The van der Waals surface area contributed by atoms with Crippen LogP contribution >= 0.6 is 0 Å². The number of nitrogens with two attached hydrogens (primary N) is 1. The number of amides is 1. The van der Waals surface area contributed by atoms with Crippen molar-refractivity contribution in [3.05, 3.63) is 17.3 Å². The van der Waals surface area contributed by atoms with E-state index in [2.05, 4.69) is 10.3 Å². The van der Waals surface area contributed by atoms with Gasteiger partial charge in [0.15, 0.2) is 0 Å². The molecular formula is C12H21N3O2. The number of aryl methyl sites for hydroxylation is 2. The third-order valence-electron chi connectivity index (χ3n) is 2.55. The lowest BCUT2D eigenvalue weighted by atomic mass is 10.0. The number of hydrogen-bond donors (Lipinski definition) is 2. The molecule has 1 rings (SSSR count). The Morgan fingerprint density at radius 2 is 2.12 bits per heavy atom. The topological polar surface area (TPSA) is 81.2 Å². The molecular weight excluding hydrogens is 218 g/mol. The molecule has 0 aliphatic carbocycles. The van der Waals surface area contributed by atoms with E-state index in [0.717, 1.165) is 11.5 Å². The average Bonchev–Trinajstić information content (AvgIpc) is 2.54. The monoisotopic (exact) mass is 239 g/mol. The Morgan fingerprint density at radius 1 is 1.47 bits per heavy atom. The summed E-state index contributed by atoms with van der Waals surface area (Å²) in [4.78, 5) is 15.8. The number of nitrogens with one attached hydrogen (secondary N) is 1. The second-order valence-corrected chi connectivity index (χ2v) is 4.70. The predicted octanol–water partition coefficient (Wildman–Crippen LogP) is 1.28. The van der Waals surface area contributed by atoms with E-state index in [0.29, 0.717) is 24.8 Å². The van der Waals surface area contributed by atoms with Crippen LogP contribution in [0.4, 0.5) is 0 Å². The Kier molecular flexibility index (Phi) is 4.69. The number of aromatic nitrogens is 1. The van der Waals surface area contributed by atoms with E-state index in [1.165, 1.54) is 0 Å². The van der Waals surface area contributed by atoms with Crippen LogP contribution in [0.25, 0.3) is 0 Å². The minimum atomic E-state index is -0.466. The summed E-state index contributed by atoms with van der Waals surface area (Å²) in [6, 6.07) is -0.466. The third-order valence-corrected chi connectivity index (χ3v) is 2.55. The fourth-order valence-electron chi connectivity index (χ4n) is 1.52. The smallest absolute Gasteiger partial charge is 0.237 e. The number of nitrogens with zero attached hydrogens (tertiary/aromatic N) is 1. The number of carbonyl (C=O) groups excluding carboxylic acids is 1. The van der Waals surface area contributed by atoms with Crippen LogP contribution in [-0.2, 0) is 11.3 Å². The molecule has 1 aromatic rings. The molecule has 3 N–H and O–H groups in total. The van der Waals surface area contributed by atoms with Crippen LogP contribution < -0.4 is 11.1 Å². The summed E-state index contributed by atoms with van der Waals surface area (Å²) in [7, 11) is 0. The number of rotatable bonds is 5. The molecule has 1 heterocycles. The van der Waals surface area contributed by atoms with E-state index in [-0.39, 0.29) is 5.91 Å². The minimum absolute atomic E-state index is 0.160. The van der Waals surface area contributed by atoms with Crippen molar-refractivity contribution in [2.45, 2.75) is 46.7 Å². The van der Waals surface area contributed by atoms with Gasteiger partial charge in [-0.1, -0.05) is 13.8 Å². The first-order valence-electron chi connectivity index (χ1n) is 5.86. The van der Waals surface area contributed by atoms with Gasteiger partial charge < -0.3 is 15.5 Å². The number of hydrogen-bond acceptors (Lipinski definition) is 4. The normalized spacial score (nSPS) is 12.8. The fraction of sp³-hybridized carbons (Fsp3) is 0.667. The van der Waals surface area contributed by atoms with Gasteiger partial charge in [0, 0.05) is 0 Å². The summed E-state index contributed by atoms with van der Waals surface area (Å²) in [5, 5.41) is 2.72. The number of carbonyl (C=O) groups is 1. The highest BCUT2D eigenvalue weighted by Crippen LogP contribution is 2.08. The zero-order valence-electron chi connectivity index (χ0n) is 10.9. The van der Waals surface area contributed by atoms with Crippen LogP contribution in [0, 0.1) is 19.8 Å². The Bertz CT molecular complexity index is 366. The maximum Gasteiger partial charge on any atom is 0.237 e. The maximum absolute atomic E-state index is 11.6. The van der Waals surface area contributed by atoms with Crippen molar-refractivity contribution in [1.82, 2.24) is 10.3 Å². The maximum atomic E-state index is 11.6. The van der Waals surface area contributed by atoms with Crippen LogP contribution in [0.3, 0.4) is 0 Å². The molecule has 0 aliphatic rings. The summed E-state index contributed by atoms with van der Waals surface area (Å²) >= 11 is 0. The molecule has 0 bridgehead atoms. The Balaban J connectivity index is 2.42. The highest BCUT2D eigenvalue weighted by Gasteiger charge is 2.15. The van der Waals surface area contributed by atoms with Crippen molar-refractivity contribution in [3.8, 4) is 0 Å². The molecule has 0 unspecified atom stereocenters. The van der Waals surface area contributed by atoms with Gasteiger partial charge in [-0.2, -0.15) is 0 Å². The fourth-order valence-corrected chi connectivity index (χ4v) is 1.52. The molecule has 0 aromatic carbocycles. The van der Waals surface area contributed by atoms with Crippen LogP contribution in [0.5, 0.6) is 0 Å². The zero-order valence-corrected chi connectivity index (χ0v) is 10.9.